The molecule has 1 aromatic rings. The predicted molar refractivity (Wildman–Crippen MR) is 85.0 cm³/mol. The number of nitrogens with two attached hydrogens (primary N) is 1. The highest BCUT2D eigenvalue weighted by molar-refractivity contribution is 9.10. The fraction of sp³-hybridized carbons (Fsp3) is 0.600. The second-order valence-corrected chi connectivity index (χ2v) is 6.91. The Kier molecular flexibility index (Phi) is 4.74. The van der Waals surface area contributed by atoms with Gasteiger partial charge in [0.05, 0.1) is 18.3 Å². The van der Waals surface area contributed by atoms with Crippen LogP contribution in [0.25, 0.3) is 0 Å². The van der Waals surface area contributed by atoms with Gasteiger partial charge in [0.2, 0.25) is 0 Å². The second kappa shape index (κ2) is 6.02. The molecule has 1 aromatic carbocycles. The van der Waals surface area contributed by atoms with Crippen molar-refractivity contribution in [3.8, 4) is 0 Å². The highest BCUT2D eigenvalue weighted by Crippen LogP contribution is 2.31. The number of morpholine rings is 1. The van der Waals surface area contributed by atoms with Gasteiger partial charge in [-0.05, 0) is 38.5 Å². The molecule has 1 saturated heterocycles. The van der Waals surface area contributed by atoms with Gasteiger partial charge in [-0.25, -0.2) is 0 Å². The topological polar surface area (TPSA) is 58.7 Å². The quantitative estimate of drug-likeness (QED) is 0.885. The molecular weight excluding hydrogens is 320 g/mol. The maximum absolute atomic E-state index is 9.38. The van der Waals surface area contributed by atoms with E-state index in [1.807, 2.05) is 20.8 Å². The van der Waals surface area contributed by atoms with E-state index in [0.717, 1.165) is 22.3 Å². The minimum atomic E-state index is -0.266. The van der Waals surface area contributed by atoms with E-state index >= 15 is 0 Å². The first kappa shape index (κ1) is 15.8. The van der Waals surface area contributed by atoms with E-state index in [1.54, 1.807) is 0 Å². The van der Waals surface area contributed by atoms with Crippen molar-refractivity contribution in [3.63, 3.8) is 0 Å². The second-order valence-electron chi connectivity index (χ2n) is 6.06. The normalized spacial score (nSPS) is 23.7. The molecule has 0 bridgehead atoms. The first-order valence-corrected chi connectivity index (χ1v) is 7.70. The van der Waals surface area contributed by atoms with Crippen molar-refractivity contribution in [2.45, 2.75) is 38.5 Å². The first-order chi connectivity index (χ1) is 9.32. The molecule has 0 saturated carbocycles. The third-order valence-corrected chi connectivity index (χ3v) is 4.21. The molecule has 0 amide bonds. The third kappa shape index (κ3) is 3.52. The van der Waals surface area contributed by atoms with Gasteiger partial charge in [0, 0.05) is 29.3 Å². The van der Waals surface area contributed by atoms with Crippen LogP contribution in [0.4, 0.5) is 5.69 Å². The van der Waals surface area contributed by atoms with Crippen LogP contribution in [0, 0.1) is 0 Å². The van der Waals surface area contributed by atoms with Gasteiger partial charge in [-0.3, -0.25) is 0 Å². The van der Waals surface area contributed by atoms with Crippen LogP contribution >= 0.6 is 15.9 Å². The van der Waals surface area contributed by atoms with Crippen molar-refractivity contribution in [2.75, 3.05) is 24.6 Å². The number of ether oxygens (including phenoxy) is 1. The molecule has 2 rings (SSSR count). The number of aliphatic hydroxyl groups is 1. The van der Waals surface area contributed by atoms with Gasteiger partial charge in [-0.2, -0.15) is 0 Å². The summed E-state index contributed by atoms with van der Waals surface area (Å²) < 4.78 is 6.87. The smallest absolute Gasteiger partial charge is 0.0988 e. The van der Waals surface area contributed by atoms with Crippen LogP contribution in [-0.2, 0) is 4.74 Å². The van der Waals surface area contributed by atoms with Crippen molar-refractivity contribution in [1.82, 2.24) is 0 Å². The van der Waals surface area contributed by atoms with Crippen LogP contribution in [0.3, 0.4) is 0 Å². The lowest BCUT2D eigenvalue weighted by Gasteiger charge is -2.43. The van der Waals surface area contributed by atoms with Crippen molar-refractivity contribution < 1.29 is 9.84 Å². The lowest BCUT2D eigenvalue weighted by molar-refractivity contribution is -0.101. The van der Waals surface area contributed by atoms with E-state index in [4.69, 9.17) is 10.5 Å². The van der Waals surface area contributed by atoms with E-state index in [0.29, 0.717) is 6.54 Å². The molecule has 0 spiro atoms. The summed E-state index contributed by atoms with van der Waals surface area (Å²) >= 11 is 3.59. The van der Waals surface area contributed by atoms with Crippen molar-refractivity contribution in [2.24, 2.45) is 5.73 Å². The number of halogens is 1. The Bertz CT molecular complexity index is 477. The number of nitrogens with zero attached hydrogens (tertiary/aromatic N) is 1. The van der Waals surface area contributed by atoms with Gasteiger partial charge in [0.15, 0.2) is 0 Å². The number of hydrogen-bond acceptors (Lipinski definition) is 4. The predicted octanol–water partition coefficient (Wildman–Crippen LogP) is 2.44. The average Bonchev–Trinajstić information content (AvgIpc) is 2.36. The van der Waals surface area contributed by atoms with Gasteiger partial charge in [0.25, 0.3) is 0 Å². The van der Waals surface area contributed by atoms with E-state index in [1.165, 1.54) is 0 Å². The van der Waals surface area contributed by atoms with Crippen molar-refractivity contribution in [1.29, 1.82) is 0 Å². The number of rotatable bonds is 3. The number of aliphatic hydroxyl groups excluding tert-OH is 1. The molecule has 0 aliphatic carbocycles. The van der Waals surface area contributed by atoms with Gasteiger partial charge >= 0.3 is 0 Å². The molecule has 3 N–H and O–H groups in total. The standard InChI is InChI=1S/C15H23BrN2O2/c1-10(17)13-5-4-11(6-14(13)16)18-7-12(8-19)20-15(2,3)9-18/h4-6,10,12,19H,7-9,17H2,1-3H3. The summed E-state index contributed by atoms with van der Waals surface area (Å²) in [6.45, 7) is 7.61. The van der Waals surface area contributed by atoms with Gasteiger partial charge in [-0.1, -0.05) is 22.0 Å². The zero-order valence-electron chi connectivity index (χ0n) is 12.3. The fourth-order valence-electron chi connectivity index (χ4n) is 2.67. The highest BCUT2D eigenvalue weighted by Gasteiger charge is 2.33. The average molecular weight is 343 g/mol. The van der Waals surface area contributed by atoms with E-state index in [-0.39, 0.29) is 24.4 Å². The monoisotopic (exact) mass is 342 g/mol. The summed E-state index contributed by atoms with van der Waals surface area (Å²) in [6, 6.07) is 6.23. The lowest BCUT2D eigenvalue weighted by Crippen LogP contribution is -2.54. The molecule has 2 atom stereocenters. The largest absolute Gasteiger partial charge is 0.394 e. The van der Waals surface area contributed by atoms with Crippen LogP contribution in [0.15, 0.2) is 22.7 Å². The molecule has 0 aromatic heterocycles. The van der Waals surface area contributed by atoms with Crippen LogP contribution in [0.1, 0.15) is 32.4 Å². The molecule has 1 aliphatic heterocycles. The summed E-state index contributed by atoms with van der Waals surface area (Å²) in [6.07, 6.45) is -0.148. The van der Waals surface area contributed by atoms with Crippen LogP contribution < -0.4 is 10.6 Å². The molecular formula is C15H23BrN2O2. The summed E-state index contributed by atoms with van der Waals surface area (Å²) in [5.41, 5.74) is 7.89. The molecule has 112 valence electrons. The molecule has 0 radical (unpaired) electrons. The van der Waals surface area contributed by atoms with Crippen molar-refractivity contribution in [3.05, 3.63) is 28.2 Å². The highest BCUT2D eigenvalue weighted by atomic mass is 79.9. The Hall–Kier alpha value is -0.620. The SMILES string of the molecule is CC(N)c1ccc(N2CC(CO)OC(C)(C)C2)cc1Br. The van der Waals surface area contributed by atoms with Crippen LogP contribution in [0.2, 0.25) is 0 Å². The first-order valence-electron chi connectivity index (χ1n) is 6.91. The fourth-order valence-corrected chi connectivity index (χ4v) is 3.40. The molecule has 20 heavy (non-hydrogen) atoms. The van der Waals surface area contributed by atoms with Crippen LogP contribution in [0.5, 0.6) is 0 Å². The Labute approximate surface area is 129 Å². The summed E-state index contributed by atoms with van der Waals surface area (Å²) in [5.74, 6) is 0. The Balaban J connectivity index is 2.24. The minimum Gasteiger partial charge on any atom is -0.394 e. The lowest BCUT2D eigenvalue weighted by atomic mass is 10.0. The summed E-state index contributed by atoms with van der Waals surface area (Å²) in [4.78, 5) is 2.25. The summed E-state index contributed by atoms with van der Waals surface area (Å²) in [5, 5.41) is 9.38. The molecule has 2 unspecified atom stereocenters. The zero-order chi connectivity index (χ0) is 14.9. The zero-order valence-corrected chi connectivity index (χ0v) is 13.9. The maximum atomic E-state index is 9.38. The summed E-state index contributed by atoms with van der Waals surface area (Å²) in [7, 11) is 0. The van der Waals surface area contributed by atoms with Crippen molar-refractivity contribution >= 4 is 21.6 Å². The van der Waals surface area contributed by atoms with E-state index in [9.17, 15) is 5.11 Å². The molecule has 1 heterocycles. The minimum absolute atomic E-state index is 0.00439. The van der Waals surface area contributed by atoms with E-state index in [2.05, 4.69) is 39.0 Å². The van der Waals surface area contributed by atoms with E-state index < -0.39 is 0 Å². The molecule has 4 nitrogen and oxygen atoms in total. The van der Waals surface area contributed by atoms with Gasteiger partial charge in [0.1, 0.15) is 0 Å². The van der Waals surface area contributed by atoms with Crippen LogP contribution in [-0.4, -0.2) is 36.5 Å². The Morgan fingerprint density at radius 3 is 2.80 bits per heavy atom. The third-order valence-electron chi connectivity index (χ3n) is 3.52. The molecule has 1 fully saturated rings. The number of benzene rings is 1. The Morgan fingerprint density at radius 1 is 1.55 bits per heavy atom. The Morgan fingerprint density at radius 2 is 2.25 bits per heavy atom. The van der Waals surface area contributed by atoms with Gasteiger partial charge < -0.3 is 20.5 Å². The number of anilines is 1. The number of hydrogen-bond donors (Lipinski definition) is 2. The maximum Gasteiger partial charge on any atom is 0.0988 e. The molecule has 5 heteroatoms. The molecule has 1 aliphatic rings. The van der Waals surface area contributed by atoms with Gasteiger partial charge in [-0.15, -0.1) is 0 Å².